The first-order chi connectivity index (χ1) is 12.6. The molecule has 1 aliphatic carbocycles. The van der Waals surface area contributed by atoms with Crippen LogP contribution in [0.3, 0.4) is 0 Å². The standard InChI is InChI=1S/C21H23BrN2O2/c22-18-9-7-17(8-10-18)21(11-4-12-21)20(26)24-14-13-23-19(25)15-16-5-2-1-3-6-16/h1-3,5-10H,4,11-15H2,(H,23,25)(H,24,26). The van der Waals surface area contributed by atoms with E-state index in [9.17, 15) is 9.59 Å². The summed E-state index contributed by atoms with van der Waals surface area (Å²) in [6.45, 7) is 0.880. The maximum Gasteiger partial charge on any atom is 0.230 e. The van der Waals surface area contributed by atoms with Gasteiger partial charge in [0.15, 0.2) is 0 Å². The first-order valence-corrected chi connectivity index (χ1v) is 9.74. The zero-order valence-electron chi connectivity index (χ0n) is 14.6. The van der Waals surface area contributed by atoms with Crippen molar-refractivity contribution >= 4 is 27.7 Å². The van der Waals surface area contributed by atoms with Crippen molar-refractivity contribution in [2.75, 3.05) is 13.1 Å². The fourth-order valence-corrected chi connectivity index (χ4v) is 3.60. The molecule has 5 heteroatoms. The molecule has 0 unspecified atom stereocenters. The van der Waals surface area contributed by atoms with Gasteiger partial charge >= 0.3 is 0 Å². The maximum atomic E-state index is 12.7. The molecule has 0 heterocycles. The summed E-state index contributed by atoms with van der Waals surface area (Å²) < 4.78 is 1.01. The van der Waals surface area contributed by atoms with E-state index in [4.69, 9.17) is 0 Å². The van der Waals surface area contributed by atoms with Crippen molar-refractivity contribution in [3.63, 3.8) is 0 Å². The zero-order valence-corrected chi connectivity index (χ0v) is 16.2. The highest BCUT2D eigenvalue weighted by atomic mass is 79.9. The van der Waals surface area contributed by atoms with Crippen molar-refractivity contribution in [2.45, 2.75) is 31.1 Å². The molecule has 0 saturated heterocycles. The lowest BCUT2D eigenvalue weighted by atomic mass is 9.64. The lowest BCUT2D eigenvalue weighted by Gasteiger charge is -2.40. The second-order valence-corrected chi connectivity index (χ2v) is 7.63. The third-order valence-corrected chi connectivity index (χ3v) is 5.51. The fourth-order valence-electron chi connectivity index (χ4n) is 3.34. The van der Waals surface area contributed by atoms with Crippen LogP contribution >= 0.6 is 15.9 Å². The minimum atomic E-state index is -0.408. The Morgan fingerprint density at radius 2 is 1.58 bits per heavy atom. The third-order valence-electron chi connectivity index (χ3n) is 4.98. The third kappa shape index (κ3) is 4.33. The Hall–Kier alpha value is -2.14. The van der Waals surface area contributed by atoms with Crippen molar-refractivity contribution in [1.29, 1.82) is 0 Å². The van der Waals surface area contributed by atoms with E-state index in [1.165, 1.54) is 0 Å². The van der Waals surface area contributed by atoms with E-state index in [0.29, 0.717) is 19.5 Å². The van der Waals surface area contributed by atoms with E-state index in [-0.39, 0.29) is 11.8 Å². The van der Waals surface area contributed by atoms with Crippen LogP contribution in [0.5, 0.6) is 0 Å². The average Bonchev–Trinajstić information content (AvgIpc) is 2.60. The predicted molar refractivity (Wildman–Crippen MR) is 106 cm³/mol. The molecule has 1 aliphatic rings. The molecule has 0 atom stereocenters. The van der Waals surface area contributed by atoms with Gasteiger partial charge < -0.3 is 10.6 Å². The summed E-state index contributed by atoms with van der Waals surface area (Å²) in [5, 5.41) is 5.85. The van der Waals surface area contributed by atoms with Gasteiger partial charge in [0.2, 0.25) is 11.8 Å². The largest absolute Gasteiger partial charge is 0.354 e. The van der Waals surface area contributed by atoms with Gasteiger partial charge in [-0.1, -0.05) is 64.8 Å². The summed E-state index contributed by atoms with van der Waals surface area (Å²) in [7, 11) is 0. The number of halogens is 1. The molecule has 0 aliphatic heterocycles. The number of nitrogens with one attached hydrogen (secondary N) is 2. The van der Waals surface area contributed by atoms with Gasteiger partial charge in [-0.2, -0.15) is 0 Å². The summed E-state index contributed by atoms with van der Waals surface area (Å²) in [5.74, 6) is 0.0279. The zero-order chi connectivity index (χ0) is 18.4. The molecular weight excluding hydrogens is 392 g/mol. The van der Waals surface area contributed by atoms with Gasteiger partial charge in [-0.05, 0) is 36.1 Å². The molecule has 2 aromatic carbocycles. The van der Waals surface area contributed by atoms with Crippen molar-refractivity contribution < 1.29 is 9.59 Å². The van der Waals surface area contributed by atoms with E-state index in [1.807, 2.05) is 54.6 Å². The molecule has 2 aromatic rings. The highest BCUT2D eigenvalue weighted by molar-refractivity contribution is 9.10. The molecule has 26 heavy (non-hydrogen) atoms. The van der Waals surface area contributed by atoms with Gasteiger partial charge in [0.05, 0.1) is 11.8 Å². The Bertz CT molecular complexity index is 755. The Morgan fingerprint density at radius 3 is 2.19 bits per heavy atom. The van der Waals surface area contributed by atoms with Gasteiger partial charge in [0.25, 0.3) is 0 Å². The van der Waals surface area contributed by atoms with Gasteiger partial charge in [0.1, 0.15) is 0 Å². The normalized spacial score (nSPS) is 15.0. The summed E-state index contributed by atoms with van der Waals surface area (Å²) in [6, 6.07) is 17.6. The van der Waals surface area contributed by atoms with Gasteiger partial charge in [-0.3, -0.25) is 9.59 Å². The molecule has 0 radical (unpaired) electrons. The highest BCUT2D eigenvalue weighted by Gasteiger charge is 2.45. The second kappa shape index (κ2) is 8.49. The molecule has 2 N–H and O–H groups in total. The van der Waals surface area contributed by atoms with Crippen LogP contribution in [0.25, 0.3) is 0 Å². The summed E-state index contributed by atoms with van der Waals surface area (Å²) in [4.78, 5) is 24.7. The smallest absolute Gasteiger partial charge is 0.230 e. The van der Waals surface area contributed by atoms with Crippen LogP contribution in [-0.2, 0) is 21.4 Å². The predicted octanol–water partition coefficient (Wildman–Crippen LogP) is 3.35. The summed E-state index contributed by atoms with van der Waals surface area (Å²) in [5.41, 5.74) is 1.64. The molecular formula is C21H23BrN2O2. The number of benzene rings is 2. The molecule has 136 valence electrons. The molecule has 2 amide bonds. The average molecular weight is 415 g/mol. The monoisotopic (exact) mass is 414 g/mol. The number of hydrogen-bond acceptors (Lipinski definition) is 2. The van der Waals surface area contributed by atoms with Gasteiger partial charge in [-0.25, -0.2) is 0 Å². The van der Waals surface area contributed by atoms with Crippen LogP contribution in [0.15, 0.2) is 59.1 Å². The van der Waals surface area contributed by atoms with Crippen LogP contribution in [0.1, 0.15) is 30.4 Å². The van der Waals surface area contributed by atoms with Gasteiger partial charge in [-0.15, -0.1) is 0 Å². The van der Waals surface area contributed by atoms with Crippen molar-refractivity contribution in [2.24, 2.45) is 0 Å². The maximum absolute atomic E-state index is 12.7. The topological polar surface area (TPSA) is 58.2 Å². The second-order valence-electron chi connectivity index (χ2n) is 6.71. The molecule has 3 rings (SSSR count). The van der Waals surface area contributed by atoms with Crippen LogP contribution in [0, 0.1) is 0 Å². The van der Waals surface area contributed by atoms with Crippen molar-refractivity contribution in [1.82, 2.24) is 10.6 Å². The number of amides is 2. The minimum Gasteiger partial charge on any atom is -0.354 e. The Labute approximate surface area is 162 Å². The van der Waals surface area contributed by atoms with Crippen molar-refractivity contribution in [3.05, 3.63) is 70.2 Å². The number of carbonyl (C=O) groups is 2. The first-order valence-electron chi connectivity index (χ1n) is 8.95. The molecule has 1 fully saturated rings. The van der Waals surface area contributed by atoms with Crippen LogP contribution in [0.4, 0.5) is 0 Å². The highest BCUT2D eigenvalue weighted by Crippen LogP contribution is 2.44. The first kappa shape index (κ1) is 18.6. The molecule has 0 spiro atoms. The SMILES string of the molecule is O=C(Cc1ccccc1)NCCNC(=O)C1(c2ccc(Br)cc2)CCC1. The van der Waals surface area contributed by atoms with E-state index in [0.717, 1.165) is 34.9 Å². The lowest BCUT2D eigenvalue weighted by molar-refractivity contribution is -0.130. The Kier molecular flexibility index (Phi) is 6.09. The molecule has 1 saturated carbocycles. The molecule has 0 bridgehead atoms. The number of hydrogen-bond donors (Lipinski definition) is 2. The van der Waals surface area contributed by atoms with E-state index >= 15 is 0 Å². The van der Waals surface area contributed by atoms with Crippen LogP contribution in [-0.4, -0.2) is 24.9 Å². The Balaban J connectivity index is 1.46. The van der Waals surface area contributed by atoms with E-state index in [1.54, 1.807) is 0 Å². The summed E-state index contributed by atoms with van der Waals surface area (Å²) in [6.07, 6.45) is 3.18. The lowest BCUT2D eigenvalue weighted by Crippen LogP contribution is -2.50. The molecule has 4 nitrogen and oxygen atoms in total. The minimum absolute atomic E-state index is 0.0308. The van der Waals surface area contributed by atoms with E-state index in [2.05, 4.69) is 26.6 Å². The van der Waals surface area contributed by atoms with E-state index < -0.39 is 5.41 Å². The van der Waals surface area contributed by atoms with Crippen LogP contribution in [0.2, 0.25) is 0 Å². The number of rotatable bonds is 7. The van der Waals surface area contributed by atoms with Crippen LogP contribution < -0.4 is 10.6 Å². The Morgan fingerprint density at radius 1 is 0.923 bits per heavy atom. The quantitative estimate of drug-likeness (QED) is 0.682. The summed E-state index contributed by atoms with van der Waals surface area (Å²) >= 11 is 3.44. The van der Waals surface area contributed by atoms with Gasteiger partial charge in [0, 0.05) is 17.6 Å². The number of carbonyl (C=O) groups excluding carboxylic acids is 2. The fraction of sp³-hybridized carbons (Fsp3) is 0.333. The van der Waals surface area contributed by atoms with Crippen molar-refractivity contribution in [3.8, 4) is 0 Å². The molecule has 0 aromatic heterocycles.